The molecule has 3 rings (SSSR count). The number of H-pyrrole nitrogens is 1. The lowest BCUT2D eigenvalue weighted by atomic mass is 9.92. The molecule has 1 aromatic carbocycles. The van der Waals surface area contributed by atoms with Crippen LogP contribution in [0.1, 0.15) is 26.7 Å². The summed E-state index contributed by atoms with van der Waals surface area (Å²) in [6, 6.07) is 7.51. The zero-order valence-corrected chi connectivity index (χ0v) is 15.5. The highest BCUT2D eigenvalue weighted by Crippen LogP contribution is 2.19. The second-order valence-corrected chi connectivity index (χ2v) is 7.97. The van der Waals surface area contributed by atoms with E-state index in [1.54, 1.807) is 0 Å². The van der Waals surface area contributed by atoms with Crippen LogP contribution in [0.25, 0.3) is 11.0 Å². The van der Waals surface area contributed by atoms with Crippen LogP contribution in [0.2, 0.25) is 0 Å². The molecular formula is C19H28N4O3. The Hall–Kier alpha value is -2.12. The molecule has 0 saturated carbocycles. The maximum absolute atomic E-state index is 12.4. The number of nitrogens with zero attached hydrogens (tertiary/aromatic N) is 2. The number of amides is 1. The van der Waals surface area contributed by atoms with E-state index in [0.717, 1.165) is 43.5 Å². The minimum Gasteiger partial charge on any atom is -0.396 e. The molecule has 0 unspecified atom stereocenters. The van der Waals surface area contributed by atoms with Gasteiger partial charge in [0.15, 0.2) is 0 Å². The molecule has 142 valence electrons. The molecular weight excluding hydrogens is 332 g/mol. The predicted octanol–water partition coefficient (Wildman–Crippen LogP) is 0.929. The van der Waals surface area contributed by atoms with Gasteiger partial charge in [-0.25, -0.2) is 4.79 Å². The molecule has 2 aromatic rings. The Morgan fingerprint density at radius 2 is 2.00 bits per heavy atom. The van der Waals surface area contributed by atoms with Crippen LogP contribution in [0, 0.1) is 5.41 Å². The second kappa shape index (κ2) is 7.63. The number of hydrogen-bond donors (Lipinski definition) is 3. The third kappa shape index (κ3) is 4.34. The first-order valence-electron chi connectivity index (χ1n) is 9.18. The molecule has 0 bridgehead atoms. The summed E-state index contributed by atoms with van der Waals surface area (Å²) in [6.45, 7) is 6.97. The van der Waals surface area contributed by atoms with Crippen molar-refractivity contribution >= 4 is 16.9 Å². The summed E-state index contributed by atoms with van der Waals surface area (Å²) in [5.74, 6) is -0.133. The van der Waals surface area contributed by atoms with Crippen LogP contribution >= 0.6 is 0 Å². The summed E-state index contributed by atoms with van der Waals surface area (Å²) in [4.78, 5) is 29.6. The predicted molar refractivity (Wildman–Crippen MR) is 101 cm³/mol. The first kappa shape index (κ1) is 18.7. The van der Waals surface area contributed by atoms with Crippen LogP contribution in [-0.2, 0) is 11.3 Å². The van der Waals surface area contributed by atoms with Gasteiger partial charge in [0.2, 0.25) is 5.91 Å². The van der Waals surface area contributed by atoms with Crippen molar-refractivity contribution in [2.24, 2.45) is 5.41 Å². The van der Waals surface area contributed by atoms with Crippen LogP contribution in [0.5, 0.6) is 0 Å². The van der Waals surface area contributed by atoms with E-state index in [1.165, 1.54) is 4.57 Å². The monoisotopic (exact) mass is 360 g/mol. The van der Waals surface area contributed by atoms with Gasteiger partial charge in [-0.05, 0) is 25.0 Å². The van der Waals surface area contributed by atoms with Crippen molar-refractivity contribution in [2.45, 2.75) is 39.3 Å². The molecule has 1 saturated heterocycles. The molecule has 0 aliphatic carbocycles. The molecule has 3 N–H and O–H groups in total. The Labute approximate surface area is 153 Å². The lowest BCUT2D eigenvalue weighted by molar-refractivity contribution is -0.122. The SMILES string of the molecule is CC(C)(CO)CN1CCC(NC(=O)Cn2c(=O)[nH]c3ccccc32)CC1. The topological polar surface area (TPSA) is 90.4 Å². The number of benzene rings is 1. The molecule has 7 heteroatoms. The van der Waals surface area contributed by atoms with Crippen LogP contribution in [-0.4, -0.2) is 57.7 Å². The zero-order valence-electron chi connectivity index (χ0n) is 15.5. The van der Waals surface area contributed by atoms with Gasteiger partial charge < -0.3 is 20.3 Å². The lowest BCUT2D eigenvalue weighted by Crippen LogP contribution is -2.48. The molecule has 0 atom stereocenters. The number of aliphatic hydroxyl groups excluding tert-OH is 1. The summed E-state index contributed by atoms with van der Waals surface area (Å²) < 4.78 is 1.48. The Kier molecular flexibility index (Phi) is 5.48. The van der Waals surface area contributed by atoms with Gasteiger partial charge in [0.25, 0.3) is 0 Å². The number of rotatable bonds is 6. The summed E-state index contributed by atoms with van der Waals surface area (Å²) in [5, 5.41) is 12.5. The fourth-order valence-electron chi connectivity index (χ4n) is 3.57. The van der Waals surface area contributed by atoms with E-state index < -0.39 is 0 Å². The van der Waals surface area contributed by atoms with Gasteiger partial charge in [0, 0.05) is 37.7 Å². The molecule has 0 radical (unpaired) electrons. The van der Waals surface area contributed by atoms with Crippen molar-refractivity contribution in [3.63, 3.8) is 0 Å². The number of aliphatic hydroxyl groups is 1. The second-order valence-electron chi connectivity index (χ2n) is 7.97. The van der Waals surface area contributed by atoms with E-state index in [-0.39, 0.29) is 36.2 Å². The summed E-state index contributed by atoms with van der Waals surface area (Å²) in [7, 11) is 0. The summed E-state index contributed by atoms with van der Waals surface area (Å²) >= 11 is 0. The zero-order chi connectivity index (χ0) is 18.7. The Morgan fingerprint density at radius 3 is 2.69 bits per heavy atom. The van der Waals surface area contributed by atoms with Gasteiger partial charge in [-0.15, -0.1) is 0 Å². The van der Waals surface area contributed by atoms with Gasteiger partial charge in [-0.2, -0.15) is 0 Å². The van der Waals surface area contributed by atoms with Crippen molar-refractivity contribution in [3.05, 3.63) is 34.7 Å². The van der Waals surface area contributed by atoms with E-state index >= 15 is 0 Å². The fourth-order valence-corrected chi connectivity index (χ4v) is 3.57. The number of para-hydroxylation sites is 2. The van der Waals surface area contributed by atoms with E-state index in [2.05, 4.69) is 29.0 Å². The van der Waals surface area contributed by atoms with E-state index in [9.17, 15) is 14.7 Å². The lowest BCUT2D eigenvalue weighted by Gasteiger charge is -2.36. The Bertz CT molecular complexity index is 816. The van der Waals surface area contributed by atoms with E-state index in [4.69, 9.17) is 0 Å². The largest absolute Gasteiger partial charge is 0.396 e. The smallest absolute Gasteiger partial charge is 0.326 e. The average molecular weight is 360 g/mol. The number of piperidine rings is 1. The standard InChI is InChI=1S/C19H28N4O3/c1-19(2,13-24)12-22-9-7-14(8-10-22)20-17(25)11-23-16-6-4-3-5-15(16)21-18(23)26/h3-6,14,24H,7-13H2,1-2H3,(H,20,25)(H,21,26). The van der Waals surface area contributed by atoms with Gasteiger partial charge in [-0.3, -0.25) is 9.36 Å². The van der Waals surface area contributed by atoms with Gasteiger partial charge in [0.1, 0.15) is 6.54 Å². The Balaban J connectivity index is 1.53. The minimum absolute atomic E-state index is 0.0284. The number of nitrogens with one attached hydrogen (secondary N) is 2. The highest BCUT2D eigenvalue weighted by Gasteiger charge is 2.26. The summed E-state index contributed by atoms with van der Waals surface area (Å²) in [6.07, 6.45) is 1.77. The molecule has 7 nitrogen and oxygen atoms in total. The normalized spacial score (nSPS) is 16.9. The number of imidazole rings is 1. The molecule has 1 aliphatic rings. The number of carbonyl (C=O) groups excluding carboxylic acids is 1. The number of hydrogen-bond acceptors (Lipinski definition) is 4. The number of fused-ring (bicyclic) bond motifs is 1. The molecule has 1 fully saturated rings. The quantitative estimate of drug-likeness (QED) is 0.715. The van der Waals surface area contributed by atoms with E-state index in [1.807, 2.05) is 24.3 Å². The maximum atomic E-state index is 12.4. The first-order valence-corrected chi connectivity index (χ1v) is 9.18. The highest BCUT2D eigenvalue weighted by atomic mass is 16.3. The maximum Gasteiger partial charge on any atom is 0.326 e. The number of aromatic nitrogens is 2. The number of aromatic amines is 1. The molecule has 1 aromatic heterocycles. The first-order chi connectivity index (χ1) is 12.4. The van der Waals surface area contributed by atoms with Crippen molar-refractivity contribution in [1.29, 1.82) is 0 Å². The summed E-state index contributed by atoms with van der Waals surface area (Å²) in [5.41, 5.74) is 1.12. The molecule has 1 amide bonds. The van der Waals surface area contributed by atoms with Gasteiger partial charge in [0.05, 0.1) is 11.0 Å². The van der Waals surface area contributed by atoms with Crippen molar-refractivity contribution in [1.82, 2.24) is 19.8 Å². The molecule has 26 heavy (non-hydrogen) atoms. The van der Waals surface area contributed by atoms with Gasteiger partial charge >= 0.3 is 5.69 Å². The van der Waals surface area contributed by atoms with Crippen LogP contribution in [0.15, 0.2) is 29.1 Å². The third-order valence-corrected chi connectivity index (χ3v) is 5.02. The molecule has 2 heterocycles. The average Bonchev–Trinajstić information content (AvgIpc) is 2.92. The Morgan fingerprint density at radius 1 is 1.31 bits per heavy atom. The van der Waals surface area contributed by atoms with Crippen LogP contribution in [0.4, 0.5) is 0 Å². The van der Waals surface area contributed by atoms with Crippen LogP contribution < -0.4 is 11.0 Å². The van der Waals surface area contributed by atoms with Gasteiger partial charge in [-0.1, -0.05) is 26.0 Å². The minimum atomic E-state index is -0.262. The third-order valence-electron chi connectivity index (χ3n) is 5.02. The van der Waals surface area contributed by atoms with Crippen molar-refractivity contribution in [3.8, 4) is 0 Å². The van der Waals surface area contributed by atoms with Crippen molar-refractivity contribution < 1.29 is 9.90 Å². The molecule has 0 spiro atoms. The number of carbonyl (C=O) groups is 1. The fraction of sp³-hybridized carbons (Fsp3) is 0.579. The van der Waals surface area contributed by atoms with Crippen LogP contribution in [0.3, 0.4) is 0 Å². The van der Waals surface area contributed by atoms with Crippen molar-refractivity contribution in [2.75, 3.05) is 26.2 Å². The van der Waals surface area contributed by atoms with E-state index in [0.29, 0.717) is 0 Å². The highest BCUT2D eigenvalue weighted by molar-refractivity contribution is 5.80. The number of likely N-dealkylation sites (tertiary alicyclic amines) is 1. The molecule has 1 aliphatic heterocycles.